The predicted octanol–water partition coefficient (Wildman–Crippen LogP) is 2.10. The zero-order chi connectivity index (χ0) is 13.8. The van der Waals surface area contributed by atoms with E-state index in [9.17, 15) is 5.11 Å². The van der Waals surface area contributed by atoms with Gasteiger partial charge in [0.1, 0.15) is 18.5 Å². The Labute approximate surface area is 118 Å². The van der Waals surface area contributed by atoms with Crippen molar-refractivity contribution in [3.8, 4) is 5.75 Å². The van der Waals surface area contributed by atoms with Crippen LogP contribution in [0.5, 0.6) is 5.75 Å². The van der Waals surface area contributed by atoms with Crippen molar-refractivity contribution in [1.29, 1.82) is 0 Å². The number of likely N-dealkylation sites (N-methyl/N-ethyl adjacent to an activating group) is 1. The van der Waals surface area contributed by atoms with Gasteiger partial charge in [0.15, 0.2) is 0 Å². The summed E-state index contributed by atoms with van der Waals surface area (Å²) in [5.74, 6) is 0.663. The van der Waals surface area contributed by atoms with Crippen LogP contribution < -0.4 is 4.74 Å². The van der Waals surface area contributed by atoms with E-state index in [2.05, 4.69) is 11.9 Å². The largest absolute Gasteiger partial charge is 0.490 e. The van der Waals surface area contributed by atoms with Gasteiger partial charge in [-0.05, 0) is 32.2 Å². The van der Waals surface area contributed by atoms with Crippen molar-refractivity contribution < 1.29 is 14.6 Å². The summed E-state index contributed by atoms with van der Waals surface area (Å²) < 4.78 is 11.4. The first kappa shape index (κ1) is 14.6. The number of hydrogen-bond donors (Lipinski definition) is 1. The minimum Gasteiger partial charge on any atom is -0.490 e. The molecule has 4 nitrogen and oxygen atoms in total. The van der Waals surface area contributed by atoms with E-state index in [1.54, 1.807) is 25.1 Å². The monoisotopic (exact) mass is 285 g/mol. The SMILES string of the molecule is CC(O)c1cc(Cl)ccc1OCC1CN(C)CCO1. The Bertz CT molecular complexity index is 425. The quantitative estimate of drug-likeness (QED) is 0.920. The van der Waals surface area contributed by atoms with Gasteiger partial charge < -0.3 is 19.5 Å². The minimum atomic E-state index is -0.608. The molecule has 106 valence electrons. The Kier molecular flexibility index (Phi) is 5.05. The van der Waals surface area contributed by atoms with E-state index in [4.69, 9.17) is 21.1 Å². The van der Waals surface area contributed by atoms with Crippen molar-refractivity contribution in [1.82, 2.24) is 4.90 Å². The third-order valence-corrected chi connectivity index (χ3v) is 3.42. The highest BCUT2D eigenvalue weighted by molar-refractivity contribution is 6.30. The average molecular weight is 286 g/mol. The van der Waals surface area contributed by atoms with Gasteiger partial charge in [0.2, 0.25) is 0 Å². The maximum atomic E-state index is 9.73. The van der Waals surface area contributed by atoms with Crippen LogP contribution in [0.3, 0.4) is 0 Å². The molecule has 1 fully saturated rings. The van der Waals surface area contributed by atoms with Crippen molar-refractivity contribution in [2.45, 2.75) is 19.1 Å². The summed E-state index contributed by atoms with van der Waals surface area (Å²) in [5, 5.41) is 10.3. The fourth-order valence-electron chi connectivity index (χ4n) is 2.13. The Morgan fingerprint density at radius 1 is 1.58 bits per heavy atom. The standard InChI is InChI=1S/C14H20ClNO3/c1-10(17)13-7-11(15)3-4-14(13)19-9-12-8-16(2)5-6-18-12/h3-4,7,10,12,17H,5-6,8-9H2,1-2H3. The number of aliphatic hydroxyl groups is 1. The van der Waals surface area contributed by atoms with Gasteiger partial charge in [-0.1, -0.05) is 11.6 Å². The maximum Gasteiger partial charge on any atom is 0.125 e. The van der Waals surface area contributed by atoms with Crippen LogP contribution in [0.15, 0.2) is 18.2 Å². The van der Waals surface area contributed by atoms with Gasteiger partial charge in [0, 0.05) is 23.7 Å². The smallest absolute Gasteiger partial charge is 0.125 e. The highest BCUT2D eigenvalue weighted by Crippen LogP contribution is 2.28. The Morgan fingerprint density at radius 3 is 3.05 bits per heavy atom. The topological polar surface area (TPSA) is 41.9 Å². The number of benzene rings is 1. The number of nitrogens with zero attached hydrogens (tertiary/aromatic N) is 1. The molecule has 1 aromatic rings. The van der Waals surface area contributed by atoms with E-state index in [0.29, 0.717) is 22.9 Å². The van der Waals surface area contributed by atoms with Crippen molar-refractivity contribution in [2.24, 2.45) is 0 Å². The highest BCUT2D eigenvalue weighted by Gasteiger charge is 2.19. The van der Waals surface area contributed by atoms with Gasteiger partial charge in [0.05, 0.1) is 12.7 Å². The van der Waals surface area contributed by atoms with Crippen LogP contribution in [0.25, 0.3) is 0 Å². The highest BCUT2D eigenvalue weighted by atomic mass is 35.5. The third kappa shape index (κ3) is 4.08. The van der Waals surface area contributed by atoms with Crippen LogP contribution in [0, 0.1) is 0 Å². The molecule has 1 heterocycles. The molecule has 5 heteroatoms. The molecule has 2 rings (SSSR count). The molecule has 0 saturated carbocycles. The third-order valence-electron chi connectivity index (χ3n) is 3.19. The number of hydrogen-bond acceptors (Lipinski definition) is 4. The summed E-state index contributed by atoms with van der Waals surface area (Å²) in [4.78, 5) is 2.22. The second kappa shape index (κ2) is 6.57. The lowest BCUT2D eigenvalue weighted by Gasteiger charge is -2.30. The first-order chi connectivity index (χ1) is 9.06. The molecular formula is C14H20ClNO3. The van der Waals surface area contributed by atoms with Gasteiger partial charge in [-0.15, -0.1) is 0 Å². The molecular weight excluding hydrogens is 266 g/mol. The summed E-state index contributed by atoms with van der Waals surface area (Å²) in [6, 6.07) is 5.28. The van der Waals surface area contributed by atoms with E-state index < -0.39 is 6.10 Å². The molecule has 1 N–H and O–H groups in total. The van der Waals surface area contributed by atoms with Gasteiger partial charge in [0.25, 0.3) is 0 Å². The van der Waals surface area contributed by atoms with E-state index in [0.717, 1.165) is 19.7 Å². The summed E-state index contributed by atoms with van der Waals surface area (Å²) in [5.41, 5.74) is 0.705. The lowest BCUT2D eigenvalue weighted by Crippen LogP contribution is -2.42. The summed E-state index contributed by atoms with van der Waals surface area (Å²) >= 11 is 5.93. The van der Waals surface area contributed by atoms with Crippen LogP contribution in [0.2, 0.25) is 5.02 Å². The lowest BCUT2D eigenvalue weighted by atomic mass is 10.1. The van der Waals surface area contributed by atoms with E-state index in [1.807, 2.05) is 0 Å². The minimum absolute atomic E-state index is 0.0660. The van der Waals surface area contributed by atoms with Gasteiger partial charge >= 0.3 is 0 Å². The zero-order valence-electron chi connectivity index (χ0n) is 11.3. The number of ether oxygens (including phenoxy) is 2. The zero-order valence-corrected chi connectivity index (χ0v) is 12.1. The predicted molar refractivity (Wildman–Crippen MR) is 74.8 cm³/mol. The normalized spacial score (nSPS) is 22.2. The molecule has 0 aliphatic carbocycles. The Hall–Kier alpha value is -0.810. The second-order valence-electron chi connectivity index (χ2n) is 4.92. The van der Waals surface area contributed by atoms with E-state index in [-0.39, 0.29) is 6.10 Å². The molecule has 1 saturated heterocycles. The fraction of sp³-hybridized carbons (Fsp3) is 0.571. The molecule has 1 aliphatic heterocycles. The molecule has 0 radical (unpaired) electrons. The van der Waals surface area contributed by atoms with Crippen molar-refractivity contribution in [2.75, 3.05) is 33.4 Å². The number of halogens is 1. The Morgan fingerprint density at radius 2 is 2.37 bits per heavy atom. The molecule has 1 aliphatic rings. The molecule has 19 heavy (non-hydrogen) atoms. The summed E-state index contributed by atoms with van der Waals surface area (Å²) in [6.45, 7) is 4.72. The van der Waals surface area contributed by atoms with E-state index in [1.165, 1.54) is 0 Å². The molecule has 0 aromatic heterocycles. The van der Waals surface area contributed by atoms with Gasteiger partial charge in [-0.3, -0.25) is 0 Å². The van der Waals surface area contributed by atoms with Crippen molar-refractivity contribution >= 4 is 11.6 Å². The van der Waals surface area contributed by atoms with Crippen molar-refractivity contribution in [3.05, 3.63) is 28.8 Å². The number of aliphatic hydroxyl groups excluding tert-OH is 1. The lowest BCUT2D eigenvalue weighted by molar-refractivity contribution is -0.0407. The van der Waals surface area contributed by atoms with Gasteiger partial charge in [-0.2, -0.15) is 0 Å². The fourth-order valence-corrected chi connectivity index (χ4v) is 2.31. The average Bonchev–Trinajstić information content (AvgIpc) is 2.37. The summed E-state index contributed by atoms with van der Waals surface area (Å²) in [7, 11) is 2.07. The molecule has 2 unspecified atom stereocenters. The molecule has 1 aromatic carbocycles. The maximum absolute atomic E-state index is 9.73. The Balaban J connectivity index is 1.99. The molecule has 0 bridgehead atoms. The van der Waals surface area contributed by atoms with Crippen molar-refractivity contribution in [3.63, 3.8) is 0 Å². The molecule has 0 amide bonds. The molecule has 2 atom stereocenters. The van der Waals surface area contributed by atoms with E-state index >= 15 is 0 Å². The van der Waals surface area contributed by atoms with Crippen LogP contribution in [0.4, 0.5) is 0 Å². The van der Waals surface area contributed by atoms with Crippen LogP contribution in [0.1, 0.15) is 18.6 Å². The summed E-state index contributed by atoms with van der Waals surface area (Å²) in [6.07, 6.45) is -0.542. The van der Waals surface area contributed by atoms with Crippen LogP contribution >= 0.6 is 11.6 Å². The van der Waals surface area contributed by atoms with Crippen LogP contribution in [-0.2, 0) is 4.74 Å². The number of rotatable bonds is 4. The first-order valence-corrected chi connectivity index (χ1v) is 6.84. The van der Waals surface area contributed by atoms with Gasteiger partial charge in [-0.25, -0.2) is 0 Å². The second-order valence-corrected chi connectivity index (χ2v) is 5.36. The van der Waals surface area contributed by atoms with Crippen LogP contribution in [-0.4, -0.2) is 49.5 Å². The molecule has 0 spiro atoms. The number of morpholine rings is 1. The first-order valence-electron chi connectivity index (χ1n) is 6.46.